The number of phenolic OH excluding ortho intramolecular Hbond substituents is 1. The third-order valence-corrected chi connectivity index (χ3v) is 4.73. The number of aromatic hydroxyl groups is 1. The molecule has 0 aliphatic rings. The van der Waals surface area contributed by atoms with Crippen LogP contribution in [0.5, 0.6) is 11.5 Å². The highest BCUT2D eigenvalue weighted by atomic mass is 16.5. The maximum Gasteiger partial charge on any atom is 0.339 e. The summed E-state index contributed by atoms with van der Waals surface area (Å²) in [6.45, 7) is 8.50. The van der Waals surface area contributed by atoms with Gasteiger partial charge in [0.1, 0.15) is 16.8 Å². The van der Waals surface area contributed by atoms with E-state index in [0.717, 1.165) is 23.6 Å². The Morgan fingerprint density at radius 2 is 1.93 bits per heavy atom. The number of nitrogens with zero attached hydrogens (tertiary/aromatic N) is 1. The molecular formula is C23H27NO4. The number of benzene rings is 2. The standard InChI is InChI=1S/C23H27NO4/c1-5-6-11-28-21-18(22(26)27)16(12-23(2,3)4)20(25)17-15-10-8-7-9-14(15)13-24-19(17)21/h7-10,13,25H,5-6,11-12H2,1-4H3,(H,26,27). The zero-order chi connectivity index (χ0) is 20.5. The molecule has 0 aliphatic carbocycles. The van der Waals surface area contributed by atoms with Gasteiger partial charge in [-0.05, 0) is 23.6 Å². The van der Waals surface area contributed by atoms with Crippen molar-refractivity contribution in [1.29, 1.82) is 0 Å². The summed E-state index contributed by atoms with van der Waals surface area (Å²) in [5.74, 6) is -0.883. The summed E-state index contributed by atoms with van der Waals surface area (Å²) >= 11 is 0. The third-order valence-electron chi connectivity index (χ3n) is 4.73. The van der Waals surface area contributed by atoms with Crippen LogP contribution in [0.15, 0.2) is 30.5 Å². The summed E-state index contributed by atoms with van der Waals surface area (Å²) in [6.07, 6.45) is 3.84. The van der Waals surface area contributed by atoms with Gasteiger partial charge in [0.2, 0.25) is 0 Å². The normalized spacial score (nSPS) is 11.9. The first kappa shape index (κ1) is 19.9. The summed E-state index contributed by atoms with van der Waals surface area (Å²) in [5.41, 5.74) is 0.590. The van der Waals surface area contributed by atoms with Crippen LogP contribution in [0, 0.1) is 5.41 Å². The van der Waals surface area contributed by atoms with E-state index in [9.17, 15) is 15.0 Å². The molecule has 3 rings (SSSR count). The fraction of sp³-hybridized carbons (Fsp3) is 0.391. The van der Waals surface area contributed by atoms with E-state index in [4.69, 9.17) is 4.74 Å². The number of ether oxygens (including phenoxy) is 1. The van der Waals surface area contributed by atoms with Crippen molar-refractivity contribution >= 4 is 27.6 Å². The molecule has 0 fully saturated rings. The van der Waals surface area contributed by atoms with E-state index in [1.54, 1.807) is 6.20 Å². The molecule has 1 heterocycles. The number of hydrogen-bond acceptors (Lipinski definition) is 4. The monoisotopic (exact) mass is 381 g/mol. The predicted molar refractivity (Wildman–Crippen MR) is 111 cm³/mol. The number of carboxylic acids is 1. The number of aromatic nitrogens is 1. The molecule has 0 radical (unpaired) electrons. The molecule has 0 atom stereocenters. The second-order valence-corrected chi connectivity index (χ2v) is 8.34. The van der Waals surface area contributed by atoms with Gasteiger partial charge >= 0.3 is 5.97 Å². The van der Waals surface area contributed by atoms with Crippen molar-refractivity contribution in [3.8, 4) is 11.5 Å². The Bertz CT molecular complexity index is 1030. The maximum atomic E-state index is 12.2. The van der Waals surface area contributed by atoms with Crippen molar-refractivity contribution in [2.75, 3.05) is 6.61 Å². The van der Waals surface area contributed by atoms with Crippen LogP contribution in [-0.4, -0.2) is 27.8 Å². The second-order valence-electron chi connectivity index (χ2n) is 8.34. The molecule has 1 aromatic heterocycles. The third kappa shape index (κ3) is 3.75. The van der Waals surface area contributed by atoms with Crippen LogP contribution in [0.25, 0.3) is 21.7 Å². The van der Waals surface area contributed by atoms with Crippen LogP contribution in [0.1, 0.15) is 56.5 Å². The molecule has 0 spiro atoms. The molecule has 2 aromatic carbocycles. The van der Waals surface area contributed by atoms with Gasteiger partial charge in [-0.1, -0.05) is 58.4 Å². The minimum Gasteiger partial charge on any atom is -0.507 e. The van der Waals surface area contributed by atoms with Gasteiger partial charge in [-0.3, -0.25) is 4.98 Å². The highest BCUT2D eigenvalue weighted by Crippen LogP contribution is 2.44. The van der Waals surface area contributed by atoms with Crippen molar-refractivity contribution in [2.45, 2.75) is 47.0 Å². The Morgan fingerprint density at radius 1 is 1.21 bits per heavy atom. The van der Waals surface area contributed by atoms with E-state index in [2.05, 4.69) is 4.98 Å². The van der Waals surface area contributed by atoms with E-state index < -0.39 is 5.97 Å². The molecule has 5 heteroatoms. The van der Waals surface area contributed by atoms with Crippen molar-refractivity contribution < 1.29 is 19.7 Å². The molecule has 148 valence electrons. The van der Waals surface area contributed by atoms with E-state index in [-0.39, 0.29) is 22.5 Å². The highest BCUT2D eigenvalue weighted by Gasteiger charge is 2.29. The lowest BCUT2D eigenvalue weighted by Crippen LogP contribution is -2.16. The number of rotatable bonds is 6. The number of phenols is 1. The number of carboxylic acid groups (broad SMARTS) is 1. The Labute approximate surface area is 165 Å². The number of hydrogen-bond donors (Lipinski definition) is 2. The van der Waals surface area contributed by atoms with Crippen LogP contribution in [-0.2, 0) is 6.42 Å². The molecule has 28 heavy (non-hydrogen) atoms. The topological polar surface area (TPSA) is 79.7 Å². The first-order valence-corrected chi connectivity index (χ1v) is 9.66. The molecular weight excluding hydrogens is 354 g/mol. The lowest BCUT2D eigenvalue weighted by molar-refractivity contribution is 0.0690. The zero-order valence-corrected chi connectivity index (χ0v) is 16.9. The summed E-state index contributed by atoms with van der Waals surface area (Å²) in [5, 5.41) is 23.4. The molecule has 0 unspecified atom stereocenters. The SMILES string of the molecule is CCCCOc1c(C(=O)O)c(CC(C)(C)C)c(O)c2c1ncc1ccccc12. The number of fused-ring (bicyclic) bond motifs is 3. The Morgan fingerprint density at radius 3 is 2.57 bits per heavy atom. The molecule has 2 N–H and O–H groups in total. The minimum absolute atomic E-state index is 0.0128. The Hall–Kier alpha value is -2.82. The number of aromatic carboxylic acids is 1. The smallest absolute Gasteiger partial charge is 0.339 e. The molecule has 3 aromatic rings. The summed E-state index contributed by atoms with van der Waals surface area (Å²) < 4.78 is 5.96. The van der Waals surface area contributed by atoms with E-state index in [0.29, 0.717) is 29.5 Å². The van der Waals surface area contributed by atoms with Crippen LogP contribution in [0.3, 0.4) is 0 Å². The lowest BCUT2D eigenvalue weighted by atomic mass is 9.84. The zero-order valence-electron chi connectivity index (χ0n) is 16.9. The predicted octanol–water partition coefficient (Wildman–Crippen LogP) is 5.56. The lowest BCUT2D eigenvalue weighted by Gasteiger charge is -2.23. The van der Waals surface area contributed by atoms with Gasteiger partial charge in [-0.25, -0.2) is 4.79 Å². The van der Waals surface area contributed by atoms with Crippen LogP contribution < -0.4 is 4.74 Å². The molecule has 0 saturated heterocycles. The first-order valence-electron chi connectivity index (χ1n) is 9.66. The molecule has 0 aliphatic heterocycles. The average molecular weight is 381 g/mol. The highest BCUT2D eigenvalue weighted by molar-refractivity contribution is 6.14. The average Bonchev–Trinajstić information content (AvgIpc) is 2.63. The maximum absolute atomic E-state index is 12.2. The first-order chi connectivity index (χ1) is 13.2. The number of pyridine rings is 1. The number of unbranched alkanes of at least 4 members (excludes halogenated alkanes) is 1. The van der Waals surface area contributed by atoms with Gasteiger partial charge in [0.25, 0.3) is 0 Å². The fourth-order valence-corrected chi connectivity index (χ4v) is 3.49. The van der Waals surface area contributed by atoms with Gasteiger partial charge in [0.05, 0.1) is 12.0 Å². The van der Waals surface area contributed by atoms with Crippen molar-refractivity contribution in [3.05, 3.63) is 41.6 Å². The Balaban J connectivity index is 2.43. The van der Waals surface area contributed by atoms with Crippen molar-refractivity contribution in [1.82, 2.24) is 4.98 Å². The number of carbonyl (C=O) groups is 1. The molecule has 0 amide bonds. The van der Waals surface area contributed by atoms with Gasteiger partial charge in [0, 0.05) is 17.1 Å². The van der Waals surface area contributed by atoms with Gasteiger partial charge in [0.15, 0.2) is 5.75 Å². The summed E-state index contributed by atoms with van der Waals surface area (Å²) in [6, 6.07) is 7.64. The van der Waals surface area contributed by atoms with Crippen LogP contribution in [0.4, 0.5) is 0 Å². The summed E-state index contributed by atoms with van der Waals surface area (Å²) in [4.78, 5) is 16.7. The second kappa shape index (κ2) is 7.66. The molecule has 0 saturated carbocycles. The van der Waals surface area contributed by atoms with Crippen LogP contribution in [0.2, 0.25) is 0 Å². The van der Waals surface area contributed by atoms with Gasteiger partial charge in [-0.15, -0.1) is 0 Å². The van der Waals surface area contributed by atoms with E-state index >= 15 is 0 Å². The fourth-order valence-electron chi connectivity index (χ4n) is 3.49. The van der Waals surface area contributed by atoms with Gasteiger partial charge in [-0.2, -0.15) is 0 Å². The van der Waals surface area contributed by atoms with Gasteiger partial charge < -0.3 is 14.9 Å². The van der Waals surface area contributed by atoms with E-state index in [1.807, 2.05) is 52.0 Å². The molecule has 0 bridgehead atoms. The summed E-state index contributed by atoms with van der Waals surface area (Å²) in [7, 11) is 0. The van der Waals surface area contributed by atoms with Crippen molar-refractivity contribution in [2.24, 2.45) is 5.41 Å². The quantitative estimate of drug-likeness (QED) is 0.432. The largest absolute Gasteiger partial charge is 0.507 e. The molecule has 5 nitrogen and oxygen atoms in total. The van der Waals surface area contributed by atoms with Crippen LogP contribution >= 0.6 is 0 Å². The Kier molecular flexibility index (Phi) is 5.45. The minimum atomic E-state index is -1.11. The van der Waals surface area contributed by atoms with E-state index in [1.165, 1.54) is 0 Å². The van der Waals surface area contributed by atoms with Crippen molar-refractivity contribution in [3.63, 3.8) is 0 Å².